The molecular formula is C13H16F2N2O. The SMILES string of the molecule is CC1CCCC1C(=O)Nc1c(N)ccc(F)c1F. The van der Waals surface area contributed by atoms with Gasteiger partial charge in [-0.15, -0.1) is 0 Å². The van der Waals surface area contributed by atoms with Crippen molar-refractivity contribution in [1.29, 1.82) is 0 Å². The molecule has 98 valence electrons. The Morgan fingerprint density at radius 2 is 2.11 bits per heavy atom. The lowest BCUT2D eigenvalue weighted by Gasteiger charge is -2.16. The number of halogens is 2. The molecule has 3 nitrogen and oxygen atoms in total. The number of rotatable bonds is 2. The van der Waals surface area contributed by atoms with Crippen LogP contribution in [-0.4, -0.2) is 5.91 Å². The van der Waals surface area contributed by atoms with E-state index in [9.17, 15) is 13.6 Å². The number of anilines is 2. The lowest BCUT2D eigenvalue weighted by molar-refractivity contribution is -0.120. The Labute approximate surface area is 104 Å². The highest BCUT2D eigenvalue weighted by atomic mass is 19.2. The molecule has 0 saturated heterocycles. The minimum Gasteiger partial charge on any atom is -0.397 e. The van der Waals surface area contributed by atoms with Gasteiger partial charge < -0.3 is 11.1 Å². The molecule has 3 N–H and O–H groups in total. The summed E-state index contributed by atoms with van der Waals surface area (Å²) >= 11 is 0. The molecule has 1 aliphatic carbocycles. The largest absolute Gasteiger partial charge is 0.397 e. The Morgan fingerprint density at radius 3 is 2.72 bits per heavy atom. The van der Waals surface area contributed by atoms with Crippen molar-refractivity contribution in [3.63, 3.8) is 0 Å². The van der Waals surface area contributed by atoms with Crippen LogP contribution in [0.2, 0.25) is 0 Å². The Kier molecular flexibility index (Phi) is 3.50. The molecule has 0 aromatic heterocycles. The molecule has 0 heterocycles. The molecule has 18 heavy (non-hydrogen) atoms. The monoisotopic (exact) mass is 254 g/mol. The third-order valence-electron chi connectivity index (χ3n) is 3.57. The van der Waals surface area contributed by atoms with Gasteiger partial charge >= 0.3 is 0 Å². The van der Waals surface area contributed by atoms with E-state index in [0.29, 0.717) is 0 Å². The van der Waals surface area contributed by atoms with Crippen LogP contribution >= 0.6 is 0 Å². The van der Waals surface area contributed by atoms with E-state index in [2.05, 4.69) is 5.32 Å². The van der Waals surface area contributed by atoms with Gasteiger partial charge in [0.25, 0.3) is 0 Å². The summed E-state index contributed by atoms with van der Waals surface area (Å²) in [6.45, 7) is 1.99. The van der Waals surface area contributed by atoms with Gasteiger partial charge in [0.15, 0.2) is 11.6 Å². The Hall–Kier alpha value is -1.65. The highest BCUT2D eigenvalue weighted by Crippen LogP contribution is 2.33. The fraction of sp³-hybridized carbons (Fsp3) is 0.462. The summed E-state index contributed by atoms with van der Waals surface area (Å²) in [6.07, 6.45) is 2.75. The molecule has 2 unspecified atom stereocenters. The van der Waals surface area contributed by atoms with E-state index < -0.39 is 11.6 Å². The topological polar surface area (TPSA) is 55.1 Å². The van der Waals surface area contributed by atoms with Crippen molar-refractivity contribution < 1.29 is 13.6 Å². The first-order valence-electron chi connectivity index (χ1n) is 6.05. The maximum Gasteiger partial charge on any atom is 0.227 e. The van der Waals surface area contributed by atoms with Crippen LogP contribution in [0, 0.1) is 23.5 Å². The Morgan fingerprint density at radius 1 is 1.39 bits per heavy atom. The average molecular weight is 254 g/mol. The van der Waals surface area contributed by atoms with E-state index in [4.69, 9.17) is 5.73 Å². The fourth-order valence-electron chi connectivity index (χ4n) is 2.44. The zero-order valence-electron chi connectivity index (χ0n) is 10.2. The molecule has 1 fully saturated rings. The van der Waals surface area contributed by atoms with Gasteiger partial charge in [-0.2, -0.15) is 0 Å². The zero-order valence-corrected chi connectivity index (χ0v) is 10.2. The smallest absolute Gasteiger partial charge is 0.227 e. The quantitative estimate of drug-likeness (QED) is 0.797. The lowest BCUT2D eigenvalue weighted by Crippen LogP contribution is -2.25. The zero-order chi connectivity index (χ0) is 13.3. The summed E-state index contributed by atoms with van der Waals surface area (Å²) in [5, 5.41) is 2.41. The van der Waals surface area contributed by atoms with Gasteiger partial charge in [0.2, 0.25) is 5.91 Å². The van der Waals surface area contributed by atoms with Crippen LogP contribution in [-0.2, 0) is 4.79 Å². The summed E-state index contributed by atoms with van der Waals surface area (Å²) in [7, 11) is 0. The second kappa shape index (κ2) is 4.92. The number of benzene rings is 1. The van der Waals surface area contributed by atoms with Crippen LogP contribution in [0.25, 0.3) is 0 Å². The number of nitrogens with one attached hydrogen (secondary N) is 1. The molecular weight excluding hydrogens is 238 g/mol. The second-order valence-electron chi connectivity index (χ2n) is 4.83. The predicted octanol–water partition coefficient (Wildman–Crippen LogP) is 2.92. The number of carbonyl (C=O) groups is 1. The summed E-state index contributed by atoms with van der Waals surface area (Å²) in [5.74, 6) is -2.28. The minimum absolute atomic E-state index is 0.0351. The van der Waals surface area contributed by atoms with Crippen LogP contribution in [0.1, 0.15) is 26.2 Å². The molecule has 0 radical (unpaired) electrons. The normalized spacial score (nSPS) is 23.1. The van der Waals surface area contributed by atoms with E-state index in [1.165, 1.54) is 6.07 Å². The number of nitrogen functional groups attached to an aromatic ring is 1. The molecule has 0 spiro atoms. The number of nitrogens with two attached hydrogens (primary N) is 1. The fourth-order valence-corrected chi connectivity index (χ4v) is 2.44. The van der Waals surface area contributed by atoms with Crippen molar-refractivity contribution in [2.75, 3.05) is 11.1 Å². The standard InChI is InChI=1S/C13H16F2N2O/c1-7-3-2-4-8(7)13(18)17-12-10(16)6-5-9(14)11(12)15/h5-8H,2-4,16H2,1H3,(H,17,18). The van der Waals surface area contributed by atoms with Gasteiger partial charge in [0.1, 0.15) is 5.69 Å². The first-order valence-corrected chi connectivity index (χ1v) is 6.05. The second-order valence-corrected chi connectivity index (χ2v) is 4.83. The van der Waals surface area contributed by atoms with Crippen LogP contribution in [0.5, 0.6) is 0 Å². The molecule has 2 atom stereocenters. The third-order valence-corrected chi connectivity index (χ3v) is 3.57. The van der Waals surface area contributed by atoms with Crippen molar-refractivity contribution in [3.05, 3.63) is 23.8 Å². The van der Waals surface area contributed by atoms with E-state index in [1.807, 2.05) is 6.92 Å². The average Bonchev–Trinajstić information content (AvgIpc) is 2.76. The molecule has 1 saturated carbocycles. The van der Waals surface area contributed by atoms with Crippen molar-refractivity contribution in [2.45, 2.75) is 26.2 Å². The maximum absolute atomic E-state index is 13.5. The maximum atomic E-state index is 13.5. The number of hydrogen-bond acceptors (Lipinski definition) is 2. The predicted molar refractivity (Wildman–Crippen MR) is 65.9 cm³/mol. The van der Waals surface area contributed by atoms with Gasteiger partial charge in [-0.1, -0.05) is 13.3 Å². The molecule has 1 aliphatic rings. The molecule has 0 aliphatic heterocycles. The molecule has 1 amide bonds. The Balaban J connectivity index is 2.19. The number of hydrogen-bond donors (Lipinski definition) is 2. The van der Waals surface area contributed by atoms with Gasteiger partial charge in [-0.25, -0.2) is 8.78 Å². The van der Waals surface area contributed by atoms with Gasteiger partial charge in [-0.05, 0) is 30.9 Å². The summed E-state index contributed by atoms with van der Waals surface area (Å²) in [5.41, 5.74) is 5.33. The number of carbonyl (C=O) groups excluding carboxylic acids is 1. The Bertz CT molecular complexity index is 476. The minimum atomic E-state index is -1.10. The van der Waals surface area contributed by atoms with Gasteiger partial charge in [-0.3, -0.25) is 4.79 Å². The molecule has 1 aromatic carbocycles. The highest BCUT2D eigenvalue weighted by Gasteiger charge is 2.30. The van der Waals surface area contributed by atoms with Crippen molar-refractivity contribution >= 4 is 17.3 Å². The van der Waals surface area contributed by atoms with Crippen molar-refractivity contribution in [2.24, 2.45) is 11.8 Å². The summed E-state index contributed by atoms with van der Waals surface area (Å²) in [6, 6.07) is 2.19. The molecule has 1 aromatic rings. The van der Waals surface area contributed by atoms with Crippen LogP contribution in [0.15, 0.2) is 12.1 Å². The van der Waals surface area contributed by atoms with E-state index in [0.717, 1.165) is 25.3 Å². The highest BCUT2D eigenvalue weighted by molar-refractivity contribution is 5.95. The van der Waals surface area contributed by atoms with Gasteiger partial charge in [0.05, 0.1) is 5.69 Å². The van der Waals surface area contributed by atoms with E-state index in [1.54, 1.807) is 0 Å². The summed E-state index contributed by atoms with van der Waals surface area (Å²) in [4.78, 5) is 12.0. The van der Waals surface area contributed by atoms with Crippen molar-refractivity contribution in [1.82, 2.24) is 0 Å². The first kappa shape index (κ1) is 12.8. The molecule has 2 rings (SSSR count). The summed E-state index contributed by atoms with van der Waals surface area (Å²) < 4.78 is 26.6. The van der Waals surface area contributed by atoms with Crippen molar-refractivity contribution in [3.8, 4) is 0 Å². The van der Waals surface area contributed by atoms with Crippen LogP contribution in [0.3, 0.4) is 0 Å². The molecule has 5 heteroatoms. The first-order chi connectivity index (χ1) is 8.50. The van der Waals surface area contributed by atoms with Crippen LogP contribution < -0.4 is 11.1 Å². The lowest BCUT2D eigenvalue weighted by atomic mass is 9.97. The van der Waals surface area contributed by atoms with E-state index >= 15 is 0 Å². The van der Waals surface area contributed by atoms with Crippen LogP contribution in [0.4, 0.5) is 20.2 Å². The number of amides is 1. The molecule has 0 bridgehead atoms. The third kappa shape index (κ3) is 2.30. The van der Waals surface area contributed by atoms with Gasteiger partial charge in [0, 0.05) is 5.92 Å². The van der Waals surface area contributed by atoms with E-state index in [-0.39, 0.29) is 29.1 Å².